The van der Waals surface area contributed by atoms with Crippen molar-refractivity contribution in [3.05, 3.63) is 39.5 Å². The maximum absolute atomic E-state index is 13.1. The third kappa shape index (κ3) is 7.02. The quantitative estimate of drug-likeness (QED) is 0.290. The molecule has 0 saturated heterocycles. The number of carbonyl (C=O) groups is 1. The molecule has 0 bridgehead atoms. The van der Waals surface area contributed by atoms with Crippen LogP contribution in [0.1, 0.15) is 5.01 Å². The second-order valence-corrected chi connectivity index (χ2v) is 10.6. The minimum atomic E-state index is -4.86. The summed E-state index contributed by atoms with van der Waals surface area (Å²) in [7, 11) is -3.49. The van der Waals surface area contributed by atoms with Crippen molar-refractivity contribution in [2.75, 3.05) is 25.0 Å². The lowest BCUT2D eigenvalue weighted by Crippen LogP contribution is -2.23. The van der Waals surface area contributed by atoms with Crippen molar-refractivity contribution in [2.45, 2.75) is 11.1 Å². The van der Waals surface area contributed by atoms with E-state index in [1.54, 1.807) is 12.3 Å². The van der Waals surface area contributed by atoms with Gasteiger partial charge in [-0.3, -0.25) is 9.79 Å². The lowest BCUT2D eigenvalue weighted by molar-refractivity contribution is -0.139. The van der Waals surface area contributed by atoms with E-state index >= 15 is 0 Å². The van der Waals surface area contributed by atoms with E-state index < -0.39 is 38.7 Å². The summed E-state index contributed by atoms with van der Waals surface area (Å²) in [5.41, 5.74) is 3.78. The van der Waals surface area contributed by atoms with Crippen LogP contribution < -0.4 is 5.73 Å². The summed E-state index contributed by atoms with van der Waals surface area (Å²) in [6, 6.07) is 5.84. The van der Waals surface area contributed by atoms with Crippen LogP contribution in [0.25, 0.3) is 10.6 Å². The first-order chi connectivity index (χ1) is 14.8. The molecule has 0 aliphatic carbocycles. The highest BCUT2D eigenvalue weighted by Crippen LogP contribution is 2.32. The number of halogens is 4. The fourth-order valence-corrected chi connectivity index (χ4v) is 4.53. The number of carbonyl (C=O) groups excluding carboxylic acids is 1. The Morgan fingerprint density at radius 1 is 1.34 bits per heavy atom. The molecule has 0 radical (unpaired) electrons. The monoisotopic (exact) mass is 572 g/mol. The van der Waals surface area contributed by atoms with Gasteiger partial charge in [0.25, 0.3) is 0 Å². The molecule has 2 rings (SSSR count). The second kappa shape index (κ2) is 10.8. The van der Waals surface area contributed by atoms with Crippen molar-refractivity contribution in [3.63, 3.8) is 0 Å². The van der Waals surface area contributed by atoms with Crippen LogP contribution in [-0.2, 0) is 19.4 Å². The zero-order valence-corrected chi connectivity index (χ0v) is 20.5. The lowest BCUT2D eigenvalue weighted by atomic mass is 10.2. The number of ether oxygens (including phenoxy) is 1. The number of esters is 1. The number of allylic oxidation sites excluding steroid dienone is 2. The molecular formula is C17H16BrF3N4O4S3. The molecule has 1 aromatic heterocycles. The molecule has 2 N–H and O–H groups in total. The second-order valence-electron chi connectivity index (χ2n) is 6.03. The Labute approximate surface area is 198 Å². The molecule has 0 aliphatic rings. The van der Waals surface area contributed by atoms with Crippen LogP contribution in [-0.4, -0.2) is 61.5 Å². The Bertz CT molecular complexity index is 1160. The van der Waals surface area contributed by atoms with Crippen LogP contribution in [0, 0.1) is 0 Å². The average molecular weight is 573 g/mol. The smallest absolute Gasteiger partial charge is 0.431 e. The van der Waals surface area contributed by atoms with Gasteiger partial charge in [0.15, 0.2) is 14.8 Å². The number of alkyl halides is 3. The summed E-state index contributed by atoms with van der Waals surface area (Å²) < 4.78 is 67.1. The van der Waals surface area contributed by atoms with Crippen molar-refractivity contribution >= 4 is 60.5 Å². The van der Waals surface area contributed by atoms with Crippen LogP contribution in [0.3, 0.4) is 0 Å². The van der Waals surface area contributed by atoms with E-state index in [0.29, 0.717) is 5.56 Å². The largest absolute Gasteiger partial charge is 0.453 e. The van der Waals surface area contributed by atoms with Gasteiger partial charge in [0.05, 0.1) is 9.38 Å². The summed E-state index contributed by atoms with van der Waals surface area (Å²) >= 11 is 4.88. The van der Waals surface area contributed by atoms with E-state index in [1.807, 2.05) is 0 Å². The van der Waals surface area contributed by atoms with Gasteiger partial charge >= 0.3 is 12.1 Å². The molecule has 0 spiro atoms. The number of hydrogen-bond donors (Lipinski definition) is 1. The van der Waals surface area contributed by atoms with Crippen LogP contribution in [0.15, 0.2) is 44.3 Å². The molecule has 0 unspecified atom stereocenters. The predicted octanol–water partition coefficient (Wildman–Crippen LogP) is 3.39. The van der Waals surface area contributed by atoms with E-state index in [1.165, 1.54) is 30.0 Å². The van der Waals surface area contributed by atoms with Gasteiger partial charge in [0.1, 0.15) is 28.9 Å². The molecule has 32 heavy (non-hydrogen) atoms. The highest BCUT2D eigenvalue weighted by molar-refractivity contribution is 9.12. The van der Waals surface area contributed by atoms with E-state index in [0.717, 1.165) is 17.6 Å². The van der Waals surface area contributed by atoms with Gasteiger partial charge in [-0.2, -0.15) is 13.2 Å². The number of aliphatic imine (C=N–C) groups is 1. The van der Waals surface area contributed by atoms with Gasteiger partial charge in [0, 0.05) is 11.8 Å². The number of thioether (sulfide) groups is 1. The Kier molecular flexibility index (Phi) is 8.84. The molecule has 8 nitrogen and oxygen atoms in total. The number of sulfone groups is 1. The summed E-state index contributed by atoms with van der Waals surface area (Å²) in [6.45, 7) is -0.575. The third-order valence-electron chi connectivity index (χ3n) is 3.59. The summed E-state index contributed by atoms with van der Waals surface area (Å²) in [5, 5.41) is 7.94. The first-order valence-electron chi connectivity index (χ1n) is 8.40. The molecule has 0 atom stereocenters. The molecule has 0 aliphatic heterocycles. The highest BCUT2D eigenvalue weighted by Gasteiger charge is 2.35. The van der Waals surface area contributed by atoms with Crippen molar-refractivity contribution in [3.8, 4) is 10.6 Å². The van der Waals surface area contributed by atoms with Crippen LogP contribution in [0.2, 0.25) is 0 Å². The zero-order chi connectivity index (χ0) is 24.1. The SMILES string of the molecule is CSCOC(=O)CN=C(/C(Br)=C(\N)C(F)(F)F)c1nnc(-c2cccc(S(C)(=O)=O)c2)s1. The first-order valence-corrected chi connectivity index (χ1v) is 13.3. The van der Waals surface area contributed by atoms with Gasteiger partial charge in [-0.15, -0.1) is 22.0 Å². The fourth-order valence-electron chi connectivity index (χ4n) is 2.09. The summed E-state index contributed by atoms with van der Waals surface area (Å²) in [4.78, 5) is 15.7. The molecule has 1 heterocycles. The van der Waals surface area contributed by atoms with Crippen molar-refractivity contribution in [2.24, 2.45) is 10.7 Å². The number of nitrogens with two attached hydrogens (primary N) is 1. The normalized spacial score (nSPS) is 13.6. The van der Waals surface area contributed by atoms with Crippen LogP contribution in [0.5, 0.6) is 0 Å². The Hall–Kier alpha value is -1.97. The molecule has 0 saturated carbocycles. The van der Waals surface area contributed by atoms with Gasteiger partial charge in [0.2, 0.25) is 0 Å². The predicted molar refractivity (Wildman–Crippen MR) is 121 cm³/mol. The number of benzene rings is 1. The molecular weight excluding hydrogens is 557 g/mol. The Morgan fingerprint density at radius 3 is 2.62 bits per heavy atom. The maximum atomic E-state index is 13.1. The topological polar surface area (TPSA) is 125 Å². The third-order valence-corrected chi connectivity index (χ3v) is 6.84. The minimum absolute atomic E-state index is 0.0413. The minimum Gasteiger partial charge on any atom is -0.453 e. The highest BCUT2D eigenvalue weighted by atomic mass is 79.9. The Balaban J connectivity index is 2.50. The summed E-state index contributed by atoms with van der Waals surface area (Å²) in [5.74, 6) is -0.696. The van der Waals surface area contributed by atoms with Crippen molar-refractivity contribution < 1.29 is 31.1 Å². The average Bonchev–Trinajstić information content (AvgIpc) is 3.20. The van der Waals surface area contributed by atoms with Gasteiger partial charge in [-0.1, -0.05) is 23.5 Å². The fraction of sp³-hybridized carbons (Fsp3) is 0.294. The van der Waals surface area contributed by atoms with E-state index in [-0.39, 0.29) is 26.6 Å². The standard InChI is InChI=1S/C17H16BrF3N4O4S3/c1-30-8-29-11(26)7-23-13(12(18)14(22)17(19,20)21)16-25-24-15(31-16)9-4-3-5-10(6-9)32(2,27)28/h3-6H,7-8,22H2,1-2H3/b14-12+,23-13?. The van der Waals surface area contributed by atoms with E-state index in [2.05, 4.69) is 31.1 Å². The van der Waals surface area contributed by atoms with E-state index in [4.69, 9.17) is 10.5 Å². The lowest BCUT2D eigenvalue weighted by Gasteiger charge is -2.10. The van der Waals surface area contributed by atoms with Gasteiger partial charge < -0.3 is 10.5 Å². The molecule has 0 fully saturated rings. The molecule has 174 valence electrons. The summed E-state index contributed by atoms with van der Waals surface area (Å²) in [6.07, 6.45) is -2.12. The number of aromatic nitrogens is 2. The maximum Gasteiger partial charge on any atom is 0.431 e. The number of nitrogens with zero attached hydrogens (tertiary/aromatic N) is 3. The molecule has 15 heteroatoms. The number of rotatable bonds is 8. The molecule has 1 aromatic carbocycles. The van der Waals surface area contributed by atoms with Crippen molar-refractivity contribution in [1.29, 1.82) is 0 Å². The first kappa shape index (κ1) is 26.3. The van der Waals surface area contributed by atoms with Gasteiger partial charge in [-0.25, -0.2) is 8.42 Å². The van der Waals surface area contributed by atoms with Crippen LogP contribution in [0.4, 0.5) is 13.2 Å². The Morgan fingerprint density at radius 2 is 2.03 bits per heavy atom. The zero-order valence-electron chi connectivity index (χ0n) is 16.5. The van der Waals surface area contributed by atoms with Crippen molar-refractivity contribution in [1.82, 2.24) is 10.2 Å². The number of hydrogen-bond acceptors (Lipinski definition) is 10. The van der Waals surface area contributed by atoms with Crippen LogP contribution >= 0.6 is 39.0 Å². The van der Waals surface area contributed by atoms with Gasteiger partial charge in [-0.05, 0) is 34.3 Å². The molecule has 0 amide bonds. The van der Waals surface area contributed by atoms with E-state index in [9.17, 15) is 26.4 Å². The molecule has 2 aromatic rings.